The first-order chi connectivity index (χ1) is 5.25. The van der Waals surface area contributed by atoms with E-state index in [9.17, 15) is 4.79 Å². The molecule has 0 unspecified atom stereocenters. The van der Waals surface area contributed by atoms with E-state index in [1.54, 1.807) is 12.2 Å². The number of carbonyl (C=O) groups is 1. The molecule has 0 saturated heterocycles. The predicted octanol–water partition coefficient (Wildman–Crippen LogP) is 1.45. The Morgan fingerprint density at radius 2 is 2.45 bits per heavy atom. The summed E-state index contributed by atoms with van der Waals surface area (Å²) in [6.45, 7) is 3.63. The molecule has 0 bridgehead atoms. The van der Waals surface area contributed by atoms with Crippen molar-refractivity contribution < 1.29 is 14.9 Å². The van der Waals surface area contributed by atoms with Gasteiger partial charge >= 0.3 is 5.97 Å². The Bertz CT molecular complexity index is 248. The summed E-state index contributed by atoms with van der Waals surface area (Å²) < 4.78 is 0. The summed E-state index contributed by atoms with van der Waals surface area (Å²) >= 11 is 0. The summed E-state index contributed by atoms with van der Waals surface area (Å²) in [6, 6.07) is 0. The van der Waals surface area contributed by atoms with E-state index in [-0.39, 0.29) is 0 Å². The van der Waals surface area contributed by atoms with Gasteiger partial charge in [-0.1, -0.05) is 18.7 Å². The third-order valence-electron chi connectivity index (χ3n) is 1.45. The minimum Gasteiger partial charge on any atom is -0.295 e. The Kier molecular flexibility index (Phi) is 2.23. The van der Waals surface area contributed by atoms with Crippen LogP contribution in [0.1, 0.15) is 6.42 Å². The van der Waals surface area contributed by atoms with Gasteiger partial charge in [-0.25, -0.2) is 4.79 Å². The molecule has 1 N–H and O–H groups in total. The van der Waals surface area contributed by atoms with E-state index in [2.05, 4.69) is 11.5 Å². The van der Waals surface area contributed by atoms with Crippen LogP contribution in [0.25, 0.3) is 0 Å². The highest BCUT2D eigenvalue weighted by Gasteiger charge is 2.14. The fourth-order valence-electron chi connectivity index (χ4n) is 0.864. The molecule has 3 nitrogen and oxygen atoms in total. The first-order valence-corrected chi connectivity index (χ1v) is 3.16. The van der Waals surface area contributed by atoms with E-state index >= 15 is 0 Å². The second-order valence-electron chi connectivity index (χ2n) is 2.19. The molecular formula is C8H8O3. The highest BCUT2D eigenvalue weighted by atomic mass is 17.1. The topological polar surface area (TPSA) is 46.5 Å². The van der Waals surface area contributed by atoms with Gasteiger partial charge in [-0.2, -0.15) is 5.26 Å². The van der Waals surface area contributed by atoms with E-state index < -0.39 is 5.97 Å². The van der Waals surface area contributed by atoms with Gasteiger partial charge in [-0.3, -0.25) is 4.89 Å². The molecule has 0 amide bonds. The number of rotatable bonds is 1. The van der Waals surface area contributed by atoms with Crippen LogP contribution in [-0.2, 0) is 9.68 Å². The average molecular weight is 152 g/mol. The van der Waals surface area contributed by atoms with Crippen molar-refractivity contribution in [3.63, 3.8) is 0 Å². The minimum atomic E-state index is -0.751. The normalized spacial score (nSPS) is 16.1. The zero-order valence-electron chi connectivity index (χ0n) is 5.91. The second kappa shape index (κ2) is 3.16. The smallest absolute Gasteiger partial charge is 0.295 e. The molecule has 0 saturated carbocycles. The van der Waals surface area contributed by atoms with Crippen LogP contribution in [0.3, 0.4) is 0 Å². The van der Waals surface area contributed by atoms with Crippen LogP contribution >= 0.6 is 0 Å². The van der Waals surface area contributed by atoms with E-state index in [4.69, 9.17) is 5.26 Å². The van der Waals surface area contributed by atoms with Crippen molar-refractivity contribution >= 4 is 5.97 Å². The maximum Gasteiger partial charge on any atom is 0.373 e. The van der Waals surface area contributed by atoms with Crippen molar-refractivity contribution in [2.45, 2.75) is 6.42 Å². The number of carbonyl (C=O) groups excluding carboxylic acids is 1. The molecule has 0 aromatic heterocycles. The van der Waals surface area contributed by atoms with Crippen molar-refractivity contribution in [1.29, 1.82) is 0 Å². The third-order valence-corrected chi connectivity index (χ3v) is 1.45. The number of allylic oxidation sites excluding steroid dienone is 3. The number of hydrogen-bond acceptors (Lipinski definition) is 3. The van der Waals surface area contributed by atoms with Crippen molar-refractivity contribution in [3.05, 3.63) is 36.0 Å². The van der Waals surface area contributed by atoms with Crippen molar-refractivity contribution in [1.82, 2.24) is 0 Å². The number of hydrogen-bond donors (Lipinski definition) is 1. The first kappa shape index (κ1) is 7.75. The van der Waals surface area contributed by atoms with Crippen LogP contribution in [0.2, 0.25) is 0 Å². The summed E-state index contributed by atoms with van der Waals surface area (Å²) in [7, 11) is 0. The SMILES string of the molecule is C=C1CC=CC=C1C(=O)OO. The van der Waals surface area contributed by atoms with Gasteiger partial charge in [0.15, 0.2) is 0 Å². The molecule has 0 radical (unpaired) electrons. The Labute approximate surface area is 64.2 Å². The monoisotopic (exact) mass is 152 g/mol. The largest absolute Gasteiger partial charge is 0.373 e. The average Bonchev–Trinajstić information content (AvgIpc) is 2.04. The van der Waals surface area contributed by atoms with Gasteiger partial charge in [0.25, 0.3) is 0 Å². The van der Waals surface area contributed by atoms with Crippen LogP contribution < -0.4 is 0 Å². The van der Waals surface area contributed by atoms with E-state index in [0.717, 1.165) is 0 Å². The van der Waals surface area contributed by atoms with Crippen molar-refractivity contribution in [3.8, 4) is 0 Å². The Hall–Kier alpha value is -1.35. The molecule has 0 aliphatic heterocycles. The lowest BCUT2D eigenvalue weighted by molar-refractivity contribution is -0.229. The second-order valence-corrected chi connectivity index (χ2v) is 2.19. The summed E-state index contributed by atoms with van der Waals surface area (Å²) in [5, 5.41) is 8.05. The van der Waals surface area contributed by atoms with Gasteiger partial charge < -0.3 is 0 Å². The lowest BCUT2D eigenvalue weighted by Crippen LogP contribution is -2.07. The predicted molar refractivity (Wildman–Crippen MR) is 39.7 cm³/mol. The third kappa shape index (κ3) is 1.56. The molecule has 1 rings (SSSR count). The summed E-state index contributed by atoms with van der Waals surface area (Å²) in [6.07, 6.45) is 5.78. The molecule has 58 valence electrons. The van der Waals surface area contributed by atoms with Gasteiger partial charge in [-0.15, -0.1) is 0 Å². The van der Waals surface area contributed by atoms with Gasteiger partial charge in [0, 0.05) is 0 Å². The summed E-state index contributed by atoms with van der Waals surface area (Å²) in [5.74, 6) is -0.751. The molecular weight excluding hydrogens is 144 g/mol. The molecule has 3 heteroatoms. The summed E-state index contributed by atoms with van der Waals surface area (Å²) in [5.41, 5.74) is 0.988. The molecule has 0 aromatic rings. The molecule has 11 heavy (non-hydrogen) atoms. The Balaban J connectivity index is 2.84. The molecule has 0 heterocycles. The minimum absolute atomic E-state index is 0.329. The van der Waals surface area contributed by atoms with Gasteiger partial charge in [-0.05, 0) is 18.1 Å². The Morgan fingerprint density at radius 3 is 3.00 bits per heavy atom. The van der Waals surface area contributed by atoms with Crippen LogP contribution in [0.15, 0.2) is 36.0 Å². The highest BCUT2D eigenvalue weighted by molar-refractivity contribution is 5.93. The molecule has 0 spiro atoms. The molecule has 0 aromatic carbocycles. The molecule has 0 atom stereocenters. The van der Waals surface area contributed by atoms with Crippen LogP contribution in [0.5, 0.6) is 0 Å². The zero-order chi connectivity index (χ0) is 8.27. The maximum atomic E-state index is 10.7. The quantitative estimate of drug-likeness (QED) is 0.457. The fourth-order valence-corrected chi connectivity index (χ4v) is 0.864. The molecule has 0 fully saturated rings. The van der Waals surface area contributed by atoms with Crippen LogP contribution in [0.4, 0.5) is 0 Å². The van der Waals surface area contributed by atoms with E-state index in [0.29, 0.717) is 17.6 Å². The van der Waals surface area contributed by atoms with E-state index in [1.165, 1.54) is 0 Å². The van der Waals surface area contributed by atoms with Crippen molar-refractivity contribution in [2.75, 3.05) is 0 Å². The zero-order valence-corrected chi connectivity index (χ0v) is 5.91. The van der Waals surface area contributed by atoms with Crippen LogP contribution in [-0.4, -0.2) is 11.2 Å². The van der Waals surface area contributed by atoms with Gasteiger partial charge in [0.2, 0.25) is 0 Å². The Morgan fingerprint density at radius 1 is 1.73 bits per heavy atom. The molecule has 1 aliphatic carbocycles. The summed E-state index contributed by atoms with van der Waals surface area (Å²) in [4.78, 5) is 14.3. The van der Waals surface area contributed by atoms with Gasteiger partial charge in [0.05, 0.1) is 5.57 Å². The maximum absolute atomic E-state index is 10.7. The molecule has 1 aliphatic rings. The van der Waals surface area contributed by atoms with Crippen LogP contribution in [0, 0.1) is 0 Å². The lowest BCUT2D eigenvalue weighted by atomic mass is 10.0. The standard InChI is InChI=1S/C8H8O3/c1-6-4-2-3-5-7(6)8(9)11-10/h2-3,5,10H,1,4H2. The first-order valence-electron chi connectivity index (χ1n) is 3.16. The highest BCUT2D eigenvalue weighted by Crippen LogP contribution is 2.17. The fraction of sp³-hybridized carbons (Fsp3) is 0.125. The lowest BCUT2D eigenvalue weighted by Gasteiger charge is -2.07. The van der Waals surface area contributed by atoms with Crippen molar-refractivity contribution in [2.24, 2.45) is 0 Å². The van der Waals surface area contributed by atoms with E-state index in [1.807, 2.05) is 6.08 Å². The van der Waals surface area contributed by atoms with Gasteiger partial charge in [0.1, 0.15) is 0 Å².